The van der Waals surface area contributed by atoms with Gasteiger partial charge >= 0.3 is 6.18 Å². The fourth-order valence-corrected chi connectivity index (χ4v) is 3.96. The number of likely N-dealkylation sites (tertiary alicyclic amines) is 1. The molecule has 0 bridgehead atoms. The van der Waals surface area contributed by atoms with Gasteiger partial charge in [-0.15, -0.1) is 10.2 Å². The Morgan fingerprint density at radius 3 is 2.50 bits per heavy atom. The van der Waals surface area contributed by atoms with Crippen molar-refractivity contribution in [1.29, 1.82) is 0 Å². The van der Waals surface area contributed by atoms with Gasteiger partial charge in [0.25, 0.3) is 5.91 Å². The van der Waals surface area contributed by atoms with Crippen LogP contribution in [0.15, 0.2) is 69.6 Å². The van der Waals surface area contributed by atoms with Gasteiger partial charge in [0.15, 0.2) is 11.5 Å². The zero-order valence-corrected chi connectivity index (χ0v) is 17.8. The van der Waals surface area contributed by atoms with Gasteiger partial charge in [-0.1, -0.05) is 35.5 Å². The molecule has 1 amide bonds. The summed E-state index contributed by atoms with van der Waals surface area (Å²) in [5, 5.41) is 12.0. The summed E-state index contributed by atoms with van der Waals surface area (Å²) in [5.74, 6) is 0.552. The molecule has 3 heterocycles. The van der Waals surface area contributed by atoms with Crippen molar-refractivity contribution in [3.8, 4) is 22.8 Å². The summed E-state index contributed by atoms with van der Waals surface area (Å²) in [7, 11) is 0. The van der Waals surface area contributed by atoms with Crippen molar-refractivity contribution in [3.05, 3.63) is 77.8 Å². The molecule has 0 radical (unpaired) electrons. The van der Waals surface area contributed by atoms with Crippen LogP contribution in [0.1, 0.15) is 40.7 Å². The maximum Gasteiger partial charge on any atom is 0.416 e. The number of nitrogens with zero attached hydrogens (tertiary/aromatic N) is 4. The van der Waals surface area contributed by atoms with E-state index in [4.69, 9.17) is 8.94 Å². The summed E-state index contributed by atoms with van der Waals surface area (Å²) >= 11 is 0. The highest BCUT2D eigenvalue weighted by Crippen LogP contribution is 2.32. The molecule has 174 valence electrons. The molecule has 1 aliphatic rings. The number of halogens is 3. The molecule has 2 aromatic carbocycles. The maximum atomic E-state index is 13.0. The average Bonchev–Trinajstić information content (AvgIpc) is 3.54. The lowest BCUT2D eigenvalue weighted by molar-refractivity contribution is -0.137. The van der Waals surface area contributed by atoms with E-state index >= 15 is 0 Å². The molecule has 2 aromatic heterocycles. The summed E-state index contributed by atoms with van der Waals surface area (Å²) in [4.78, 5) is 14.7. The molecule has 0 spiro atoms. The Labute approximate surface area is 192 Å². The molecule has 1 aliphatic heterocycles. The molecule has 1 fully saturated rings. The minimum atomic E-state index is -4.41. The predicted molar refractivity (Wildman–Crippen MR) is 115 cm³/mol. The van der Waals surface area contributed by atoms with Crippen molar-refractivity contribution in [3.63, 3.8) is 0 Å². The van der Waals surface area contributed by atoms with Gasteiger partial charge in [-0.2, -0.15) is 13.2 Å². The van der Waals surface area contributed by atoms with Crippen LogP contribution >= 0.6 is 0 Å². The van der Waals surface area contributed by atoms with Gasteiger partial charge < -0.3 is 13.8 Å². The normalized spacial score (nSPS) is 16.6. The standard InChI is InChI=1S/C24H19F3N4O3/c25-24(26,27)18-10-8-16(9-11-18)21-28-29-22(33-21)17-7-4-12-31(14-17)23(32)19-13-20(34-30-19)15-5-2-1-3-6-15/h1-3,5-6,8-11,13,17H,4,7,12,14H2. The number of alkyl halides is 3. The van der Waals surface area contributed by atoms with Gasteiger partial charge in [0, 0.05) is 30.3 Å². The molecular weight excluding hydrogens is 449 g/mol. The van der Waals surface area contributed by atoms with Crippen molar-refractivity contribution in [1.82, 2.24) is 20.3 Å². The molecule has 0 aliphatic carbocycles. The zero-order chi connectivity index (χ0) is 23.7. The Hall–Kier alpha value is -3.95. The topological polar surface area (TPSA) is 85.3 Å². The molecule has 1 atom stereocenters. The number of hydrogen-bond acceptors (Lipinski definition) is 6. The van der Waals surface area contributed by atoms with Gasteiger partial charge in [0.1, 0.15) is 0 Å². The van der Waals surface area contributed by atoms with Crippen LogP contribution in [-0.2, 0) is 6.18 Å². The Kier molecular flexibility index (Phi) is 5.64. The van der Waals surface area contributed by atoms with Crippen molar-refractivity contribution < 1.29 is 26.9 Å². The zero-order valence-electron chi connectivity index (χ0n) is 17.8. The lowest BCUT2D eigenvalue weighted by Gasteiger charge is -2.30. The highest BCUT2D eigenvalue weighted by molar-refractivity contribution is 5.93. The lowest BCUT2D eigenvalue weighted by atomic mass is 9.97. The van der Waals surface area contributed by atoms with E-state index in [-0.39, 0.29) is 23.4 Å². The monoisotopic (exact) mass is 468 g/mol. The van der Waals surface area contributed by atoms with Gasteiger partial charge in [0.05, 0.1) is 11.5 Å². The summed E-state index contributed by atoms with van der Waals surface area (Å²) < 4.78 is 49.5. The van der Waals surface area contributed by atoms with Crippen LogP contribution in [0.5, 0.6) is 0 Å². The van der Waals surface area contributed by atoms with Crippen LogP contribution in [0.2, 0.25) is 0 Å². The fourth-order valence-electron chi connectivity index (χ4n) is 3.96. The Balaban J connectivity index is 1.28. The first-order valence-electron chi connectivity index (χ1n) is 10.7. The number of carbonyl (C=O) groups excluding carboxylic acids is 1. The SMILES string of the molecule is O=C(c1cc(-c2ccccc2)on1)N1CCCC(c2nnc(-c3ccc(C(F)(F)F)cc3)o2)C1. The third kappa shape index (κ3) is 4.43. The van der Waals surface area contributed by atoms with E-state index in [0.717, 1.165) is 30.5 Å². The van der Waals surface area contributed by atoms with Crippen LogP contribution in [0.4, 0.5) is 13.2 Å². The molecule has 1 saturated heterocycles. The minimum Gasteiger partial charge on any atom is -0.420 e. The largest absolute Gasteiger partial charge is 0.420 e. The smallest absolute Gasteiger partial charge is 0.416 e. The number of aromatic nitrogens is 3. The molecule has 10 heteroatoms. The molecule has 1 unspecified atom stereocenters. The highest BCUT2D eigenvalue weighted by Gasteiger charge is 2.32. The second-order valence-electron chi connectivity index (χ2n) is 8.05. The number of hydrogen-bond donors (Lipinski definition) is 0. The number of benzene rings is 2. The van der Waals surface area contributed by atoms with Crippen LogP contribution < -0.4 is 0 Å². The summed E-state index contributed by atoms with van der Waals surface area (Å²) in [6, 6.07) is 15.5. The third-order valence-electron chi connectivity index (χ3n) is 5.75. The molecule has 34 heavy (non-hydrogen) atoms. The van der Waals surface area contributed by atoms with Gasteiger partial charge in [-0.3, -0.25) is 4.79 Å². The van der Waals surface area contributed by atoms with E-state index in [1.807, 2.05) is 30.3 Å². The van der Waals surface area contributed by atoms with Crippen LogP contribution in [0, 0.1) is 0 Å². The van der Waals surface area contributed by atoms with Gasteiger partial charge in [0.2, 0.25) is 11.8 Å². The number of rotatable bonds is 4. The van der Waals surface area contributed by atoms with E-state index in [1.54, 1.807) is 11.0 Å². The Morgan fingerprint density at radius 2 is 1.76 bits per heavy atom. The first kappa shape index (κ1) is 21.9. The number of piperidine rings is 1. The number of amides is 1. The molecule has 5 rings (SSSR count). The van der Waals surface area contributed by atoms with E-state index in [9.17, 15) is 18.0 Å². The molecule has 0 N–H and O–H groups in total. The fraction of sp³-hybridized carbons (Fsp3) is 0.250. The van der Waals surface area contributed by atoms with E-state index in [0.29, 0.717) is 30.3 Å². The quantitative estimate of drug-likeness (QED) is 0.397. The van der Waals surface area contributed by atoms with Gasteiger partial charge in [-0.05, 0) is 37.1 Å². The maximum absolute atomic E-state index is 13.0. The summed E-state index contributed by atoms with van der Waals surface area (Å²) in [6.45, 7) is 0.920. The first-order valence-corrected chi connectivity index (χ1v) is 10.7. The van der Waals surface area contributed by atoms with Crippen molar-refractivity contribution in [2.45, 2.75) is 24.9 Å². The van der Waals surface area contributed by atoms with E-state index < -0.39 is 11.7 Å². The van der Waals surface area contributed by atoms with E-state index in [1.165, 1.54) is 12.1 Å². The molecular formula is C24H19F3N4O3. The second kappa shape index (κ2) is 8.77. The van der Waals surface area contributed by atoms with Crippen LogP contribution in [0.25, 0.3) is 22.8 Å². The minimum absolute atomic E-state index is 0.135. The highest BCUT2D eigenvalue weighted by atomic mass is 19.4. The van der Waals surface area contributed by atoms with Crippen molar-refractivity contribution in [2.75, 3.05) is 13.1 Å². The number of carbonyl (C=O) groups is 1. The average molecular weight is 468 g/mol. The Morgan fingerprint density at radius 1 is 1.00 bits per heavy atom. The second-order valence-corrected chi connectivity index (χ2v) is 8.05. The van der Waals surface area contributed by atoms with Crippen molar-refractivity contribution >= 4 is 5.91 Å². The summed E-state index contributed by atoms with van der Waals surface area (Å²) in [5.41, 5.74) is 0.690. The Bertz CT molecular complexity index is 1280. The molecule has 7 nitrogen and oxygen atoms in total. The van der Waals surface area contributed by atoms with Crippen LogP contribution in [0.3, 0.4) is 0 Å². The lowest BCUT2D eigenvalue weighted by Crippen LogP contribution is -2.39. The third-order valence-corrected chi connectivity index (χ3v) is 5.75. The van der Waals surface area contributed by atoms with Gasteiger partial charge in [-0.25, -0.2) is 0 Å². The predicted octanol–water partition coefficient (Wildman–Crippen LogP) is 5.43. The van der Waals surface area contributed by atoms with E-state index in [2.05, 4.69) is 15.4 Å². The summed E-state index contributed by atoms with van der Waals surface area (Å²) in [6.07, 6.45) is -2.94. The van der Waals surface area contributed by atoms with Crippen molar-refractivity contribution in [2.24, 2.45) is 0 Å². The molecule has 0 saturated carbocycles. The first-order chi connectivity index (χ1) is 16.4. The van der Waals surface area contributed by atoms with Crippen LogP contribution in [-0.4, -0.2) is 39.3 Å². The molecule has 4 aromatic rings.